The minimum absolute atomic E-state index is 0.0627. The summed E-state index contributed by atoms with van der Waals surface area (Å²) in [5, 5.41) is 7.53. The van der Waals surface area contributed by atoms with Crippen molar-refractivity contribution in [3.05, 3.63) is 46.8 Å². The highest BCUT2D eigenvalue weighted by Crippen LogP contribution is 2.17. The molecule has 0 aliphatic heterocycles. The van der Waals surface area contributed by atoms with E-state index in [-0.39, 0.29) is 11.8 Å². The van der Waals surface area contributed by atoms with Crippen molar-refractivity contribution in [2.45, 2.75) is 60.9 Å². The third-order valence-electron chi connectivity index (χ3n) is 5.12. The summed E-state index contributed by atoms with van der Waals surface area (Å²) in [5.41, 5.74) is 4.63. The lowest BCUT2D eigenvalue weighted by Gasteiger charge is -2.18. The predicted octanol–water partition coefficient (Wildman–Crippen LogP) is 3.75. The normalized spacial score (nSPS) is 11.0. The van der Waals surface area contributed by atoms with Gasteiger partial charge in [-0.25, -0.2) is 0 Å². The predicted molar refractivity (Wildman–Crippen MR) is 117 cm³/mol. The van der Waals surface area contributed by atoms with Crippen molar-refractivity contribution in [1.29, 1.82) is 0 Å². The lowest BCUT2D eigenvalue weighted by atomic mass is 10.1. The maximum absolute atomic E-state index is 12.5. The number of nitrogens with one attached hydrogen (secondary N) is 1. The van der Waals surface area contributed by atoms with E-state index in [0.29, 0.717) is 18.8 Å². The fourth-order valence-electron chi connectivity index (χ4n) is 3.45. The molecule has 0 saturated heterocycles. The van der Waals surface area contributed by atoms with Crippen LogP contribution in [-0.2, 0) is 29.0 Å². The van der Waals surface area contributed by atoms with Gasteiger partial charge < -0.3 is 10.2 Å². The van der Waals surface area contributed by atoms with Crippen molar-refractivity contribution in [3.8, 4) is 0 Å². The van der Waals surface area contributed by atoms with Crippen LogP contribution in [-0.4, -0.2) is 39.6 Å². The Kier molecular flexibility index (Phi) is 8.00. The van der Waals surface area contributed by atoms with E-state index < -0.39 is 0 Å². The SMILES string of the molecule is CCN(CC)C(=O)Cc1ccc(NC(=O)Cc2c(C)nn(CC(C)C)c2C)cc1. The average molecular weight is 399 g/mol. The van der Waals surface area contributed by atoms with Gasteiger partial charge in [0.15, 0.2) is 0 Å². The number of carbonyl (C=O) groups is 2. The van der Waals surface area contributed by atoms with Crippen molar-refractivity contribution in [2.75, 3.05) is 18.4 Å². The van der Waals surface area contributed by atoms with Crippen LogP contribution in [0.1, 0.15) is 50.2 Å². The highest BCUT2D eigenvalue weighted by molar-refractivity contribution is 5.92. The van der Waals surface area contributed by atoms with Crippen LogP contribution < -0.4 is 5.32 Å². The number of nitrogens with zero attached hydrogens (tertiary/aromatic N) is 3. The quantitative estimate of drug-likeness (QED) is 0.699. The van der Waals surface area contributed by atoms with Crippen LogP contribution >= 0.6 is 0 Å². The second-order valence-electron chi connectivity index (χ2n) is 7.89. The Balaban J connectivity index is 1.98. The van der Waals surface area contributed by atoms with Crippen LogP contribution in [0, 0.1) is 19.8 Å². The van der Waals surface area contributed by atoms with Crippen LogP contribution in [0.25, 0.3) is 0 Å². The molecule has 0 aliphatic rings. The summed E-state index contributed by atoms with van der Waals surface area (Å²) < 4.78 is 1.99. The summed E-state index contributed by atoms with van der Waals surface area (Å²) >= 11 is 0. The summed E-state index contributed by atoms with van der Waals surface area (Å²) in [4.78, 5) is 26.6. The van der Waals surface area contributed by atoms with Gasteiger partial charge in [0.1, 0.15) is 0 Å². The first-order valence-corrected chi connectivity index (χ1v) is 10.4. The minimum Gasteiger partial charge on any atom is -0.343 e. The molecule has 0 atom stereocenters. The number of benzene rings is 1. The first-order valence-electron chi connectivity index (χ1n) is 10.4. The summed E-state index contributed by atoms with van der Waals surface area (Å²) in [6.45, 7) is 14.5. The third-order valence-corrected chi connectivity index (χ3v) is 5.12. The second-order valence-corrected chi connectivity index (χ2v) is 7.89. The molecule has 1 N–H and O–H groups in total. The lowest BCUT2D eigenvalue weighted by Crippen LogP contribution is -2.31. The molecular weight excluding hydrogens is 364 g/mol. The fraction of sp³-hybridized carbons (Fsp3) is 0.522. The van der Waals surface area contributed by atoms with Crippen LogP contribution in [0.15, 0.2) is 24.3 Å². The van der Waals surface area contributed by atoms with E-state index in [1.165, 1.54) is 0 Å². The molecule has 0 saturated carbocycles. The average Bonchev–Trinajstić information content (AvgIpc) is 2.91. The molecule has 0 spiro atoms. The standard InChI is InChI=1S/C23H34N4O2/c1-7-26(8-2)23(29)13-19-9-11-20(12-10-19)24-22(28)14-21-17(5)25-27(18(21)6)15-16(3)4/h9-12,16H,7-8,13-15H2,1-6H3,(H,24,28). The van der Waals surface area contributed by atoms with Gasteiger partial charge in [-0.2, -0.15) is 5.10 Å². The van der Waals surface area contributed by atoms with E-state index in [4.69, 9.17) is 0 Å². The molecule has 1 aromatic heterocycles. The smallest absolute Gasteiger partial charge is 0.228 e. The number of amides is 2. The van der Waals surface area contributed by atoms with E-state index in [1.54, 1.807) is 0 Å². The van der Waals surface area contributed by atoms with Gasteiger partial charge in [0.2, 0.25) is 11.8 Å². The molecule has 2 rings (SSSR count). The Hall–Kier alpha value is -2.63. The number of rotatable bonds is 9. The van der Waals surface area contributed by atoms with Gasteiger partial charge in [-0.3, -0.25) is 14.3 Å². The van der Waals surface area contributed by atoms with Crippen molar-refractivity contribution in [2.24, 2.45) is 5.92 Å². The van der Waals surface area contributed by atoms with Crippen molar-refractivity contribution >= 4 is 17.5 Å². The van der Waals surface area contributed by atoms with Gasteiger partial charge in [0.05, 0.1) is 18.5 Å². The maximum Gasteiger partial charge on any atom is 0.228 e. The zero-order chi connectivity index (χ0) is 21.6. The third kappa shape index (κ3) is 6.17. The van der Waals surface area contributed by atoms with E-state index in [0.717, 1.165) is 47.8 Å². The highest BCUT2D eigenvalue weighted by Gasteiger charge is 2.16. The zero-order valence-corrected chi connectivity index (χ0v) is 18.6. The van der Waals surface area contributed by atoms with Gasteiger partial charge in [-0.05, 0) is 51.3 Å². The molecule has 0 aliphatic carbocycles. The Morgan fingerprint density at radius 3 is 2.24 bits per heavy atom. The van der Waals surface area contributed by atoms with E-state index in [1.807, 2.05) is 61.5 Å². The Morgan fingerprint density at radius 1 is 1.07 bits per heavy atom. The van der Waals surface area contributed by atoms with Gasteiger partial charge in [-0.1, -0.05) is 26.0 Å². The molecule has 2 amide bonds. The molecule has 6 heteroatoms. The molecule has 0 radical (unpaired) electrons. The van der Waals surface area contributed by atoms with E-state index in [2.05, 4.69) is 24.3 Å². The molecule has 0 bridgehead atoms. The van der Waals surface area contributed by atoms with Crippen LogP contribution in [0.3, 0.4) is 0 Å². The molecule has 1 aromatic carbocycles. The molecule has 158 valence electrons. The first kappa shape index (κ1) is 22.7. The topological polar surface area (TPSA) is 67.2 Å². The van der Waals surface area contributed by atoms with Gasteiger partial charge in [-0.15, -0.1) is 0 Å². The largest absolute Gasteiger partial charge is 0.343 e. The number of hydrogen-bond acceptors (Lipinski definition) is 3. The molecule has 1 heterocycles. The number of likely N-dealkylation sites (N-methyl/N-ethyl adjacent to an activating group) is 1. The molecule has 0 fully saturated rings. The van der Waals surface area contributed by atoms with Crippen LogP contribution in [0.2, 0.25) is 0 Å². The van der Waals surface area contributed by atoms with Gasteiger partial charge in [0.25, 0.3) is 0 Å². The second kappa shape index (κ2) is 10.2. The van der Waals surface area contributed by atoms with Crippen molar-refractivity contribution < 1.29 is 9.59 Å². The lowest BCUT2D eigenvalue weighted by molar-refractivity contribution is -0.130. The minimum atomic E-state index is -0.0627. The van der Waals surface area contributed by atoms with Crippen LogP contribution in [0.4, 0.5) is 5.69 Å². The van der Waals surface area contributed by atoms with Crippen molar-refractivity contribution in [1.82, 2.24) is 14.7 Å². The zero-order valence-electron chi connectivity index (χ0n) is 18.6. The molecule has 2 aromatic rings. The van der Waals surface area contributed by atoms with Crippen LogP contribution in [0.5, 0.6) is 0 Å². The van der Waals surface area contributed by atoms with Crippen molar-refractivity contribution in [3.63, 3.8) is 0 Å². The summed E-state index contributed by atoms with van der Waals surface area (Å²) in [5.74, 6) is 0.560. The molecule has 29 heavy (non-hydrogen) atoms. The molecule has 0 unspecified atom stereocenters. The summed E-state index contributed by atoms with van der Waals surface area (Å²) in [6, 6.07) is 7.50. The number of carbonyl (C=O) groups excluding carboxylic acids is 2. The summed E-state index contributed by atoms with van der Waals surface area (Å²) in [6.07, 6.45) is 0.682. The number of anilines is 1. The Labute approximate surface area is 174 Å². The fourth-order valence-corrected chi connectivity index (χ4v) is 3.45. The Bertz CT molecular complexity index is 833. The van der Waals surface area contributed by atoms with Gasteiger partial charge in [0, 0.05) is 36.6 Å². The monoisotopic (exact) mass is 398 g/mol. The number of aromatic nitrogens is 2. The number of aryl methyl sites for hydroxylation is 1. The van der Waals surface area contributed by atoms with Gasteiger partial charge >= 0.3 is 0 Å². The van der Waals surface area contributed by atoms with E-state index in [9.17, 15) is 9.59 Å². The number of hydrogen-bond donors (Lipinski definition) is 1. The maximum atomic E-state index is 12.5. The highest BCUT2D eigenvalue weighted by atomic mass is 16.2. The molecular formula is C23H34N4O2. The summed E-state index contributed by atoms with van der Waals surface area (Å²) in [7, 11) is 0. The van der Waals surface area contributed by atoms with E-state index >= 15 is 0 Å². The molecule has 6 nitrogen and oxygen atoms in total. The first-order chi connectivity index (χ1) is 13.7. The Morgan fingerprint density at radius 2 is 1.69 bits per heavy atom.